The molecule has 2 aromatic rings. The fourth-order valence-corrected chi connectivity index (χ4v) is 9.02. The fraction of sp³-hybridized carbons (Fsp3) is 0.714. The SMILES string of the molecule is CCCCC(C(=C=[N+]=[N-])CC)=C(c1cc(C)c(C)c(C)c1)c1cc(CCCC)c(CCCC)c(CCCC)c1.[CH2-]CCCCCCCCCCCC.[CH2-]CCCCCCCCCCCC.[Ni+2]. The molecule has 0 N–H and O–H groups in total. The first kappa shape index (κ1) is 65.9. The summed E-state index contributed by atoms with van der Waals surface area (Å²) in [6.45, 7) is 30.2. The van der Waals surface area contributed by atoms with Gasteiger partial charge in [0, 0.05) is 0 Å². The molecule has 66 heavy (non-hydrogen) atoms. The van der Waals surface area contributed by atoms with Crippen molar-refractivity contribution in [3.8, 4) is 0 Å². The van der Waals surface area contributed by atoms with Crippen molar-refractivity contribution in [2.24, 2.45) is 0 Å². The molecule has 0 aliphatic carbocycles. The van der Waals surface area contributed by atoms with Crippen molar-refractivity contribution in [3.05, 3.63) is 99.3 Å². The topological polar surface area (TPSA) is 36.4 Å². The average molecular weight is 952 g/mol. The Balaban J connectivity index is 0. The number of aryl methyl sites for hydroxylation is 4. The molecule has 0 saturated heterocycles. The molecular weight excluding hydrogens is 843 g/mol. The molecule has 2 rings (SSSR count). The molecule has 2 aromatic carbocycles. The van der Waals surface area contributed by atoms with E-state index in [0.29, 0.717) is 0 Å². The Morgan fingerprint density at radius 2 is 0.818 bits per heavy atom. The second-order valence-corrected chi connectivity index (χ2v) is 19.4. The first-order valence-electron chi connectivity index (χ1n) is 28.2. The van der Waals surface area contributed by atoms with Gasteiger partial charge in [-0.05, 0) is 134 Å². The number of hydrogen-bond acceptors (Lipinski definition) is 0. The van der Waals surface area contributed by atoms with Crippen LogP contribution >= 0.6 is 0 Å². The molecular formula is C63H108N2Ni. The molecule has 2 nitrogen and oxygen atoms in total. The van der Waals surface area contributed by atoms with Crippen LogP contribution in [0.5, 0.6) is 0 Å². The van der Waals surface area contributed by atoms with E-state index in [1.807, 2.05) is 0 Å². The zero-order valence-corrected chi connectivity index (χ0v) is 46.7. The molecule has 380 valence electrons. The van der Waals surface area contributed by atoms with Crippen LogP contribution in [0.25, 0.3) is 11.1 Å². The van der Waals surface area contributed by atoms with Gasteiger partial charge in [0.2, 0.25) is 0 Å². The summed E-state index contributed by atoms with van der Waals surface area (Å²) < 4.78 is 0. The van der Waals surface area contributed by atoms with Crippen LogP contribution in [0.1, 0.15) is 298 Å². The summed E-state index contributed by atoms with van der Waals surface area (Å²) in [5.74, 6) is 2.98. The largest absolute Gasteiger partial charge is 2.00 e. The quantitative estimate of drug-likeness (QED) is 0.0124. The molecule has 0 spiro atoms. The summed E-state index contributed by atoms with van der Waals surface area (Å²) in [5.41, 5.74) is 24.5. The van der Waals surface area contributed by atoms with Gasteiger partial charge in [-0.15, -0.1) is 4.79 Å². The summed E-state index contributed by atoms with van der Waals surface area (Å²) in [7, 11) is 0. The van der Waals surface area contributed by atoms with Gasteiger partial charge < -0.3 is 19.4 Å². The standard InChI is InChI=1S/C37H54N2.2C13H27.Ni/c1-9-14-18-31-24-34(25-32(19-15-10-2)35(31)20-16-11-3)37(33-22-27(6)29(8)28(7)23-33)36(21-17-12-4)30(13-5)26-39-38;2*1-3-5-7-9-11-13-12-10-8-6-4-2;/h22-25H,9-21H2,1-8H3;2*1,3-13H2,2H3;/q;2*-1;+2. The monoisotopic (exact) mass is 951 g/mol. The van der Waals surface area contributed by atoms with E-state index in [9.17, 15) is 5.53 Å². The molecule has 0 atom stereocenters. The van der Waals surface area contributed by atoms with Crippen LogP contribution in [0.2, 0.25) is 0 Å². The summed E-state index contributed by atoms with van der Waals surface area (Å²) in [6, 6.07) is 9.78. The second-order valence-electron chi connectivity index (χ2n) is 19.4. The van der Waals surface area contributed by atoms with E-state index in [1.54, 1.807) is 16.7 Å². The van der Waals surface area contributed by atoms with Crippen LogP contribution in [-0.2, 0) is 35.8 Å². The number of rotatable bonds is 36. The maximum absolute atomic E-state index is 9.56. The van der Waals surface area contributed by atoms with Crippen molar-refractivity contribution in [3.63, 3.8) is 0 Å². The van der Waals surface area contributed by atoms with Crippen molar-refractivity contribution >= 4 is 11.4 Å². The van der Waals surface area contributed by atoms with Crippen molar-refractivity contribution in [1.29, 1.82) is 0 Å². The average Bonchev–Trinajstić information content (AvgIpc) is 3.31. The van der Waals surface area contributed by atoms with Gasteiger partial charge in [-0.2, -0.15) is 12.8 Å². The van der Waals surface area contributed by atoms with E-state index in [2.05, 4.69) is 118 Å². The third-order valence-electron chi connectivity index (χ3n) is 13.5. The third kappa shape index (κ3) is 30.3. The van der Waals surface area contributed by atoms with Crippen LogP contribution in [0.15, 0.2) is 35.4 Å². The molecule has 0 aromatic heterocycles. The van der Waals surface area contributed by atoms with Gasteiger partial charge >= 0.3 is 22.4 Å². The Hall–Kier alpha value is -2.17. The number of benzene rings is 2. The van der Waals surface area contributed by atoms with Gasteiger partial charge in [-0.3, -0.25) is 0 Å². The van der Waals surface area contributed by atoms with Crippen molar-refractivity contribution in [2.45, 2.75) is 294 Å². The Kier molecular flexibility index (Phi) is 46.5. The van der Waals surface area contributed by atoms with Gasteiger partial charge in [0.1, 0.15) is 0 Å². The van der Waals surface area contributed by atoms with Crippen molar-refractivity contribution < 1.29 is 21.3 Å². The Labute approximate surface area is 423 Å². The van der Waals surface area contributed by atoms with Crippen molar-refractivity contribution in [1.82, 2.24) is 0 Å². The van der Waals surface area contributed by atoms with E-state index < -0.39 is 0 Å². The summed E-state index contributed by atoms with van der Waals surface area (Å²) in [5, 5.41) is 0. The third-order valence-corrected chi connectivity index (χ3v) is 13.5. The van der Waals surface area contributed by atoms with Gasteiger partial charge in [0.25, 0.3) is 0 Å². The predicted molar refractivity (Wildman–Crippen MR) is 295 cm³/mol. The molecule has 0 bridgehead atoms. The minimum atomic E-state index is 0. The normalized spacial score (nSPS) is 11.1. The molecule has 0 aliphatic heterocycles. The maximum Gasteiger partial charge on any atom is 2.00 e. The molecule has 0 amide bonds. The molecule has 0 saturated carbocycles. The molecule has 3 heteroatoms. The van der Waals surface area contributed by atoms with Gasteiger partial charge in [-0.25, -0.2) is 0 Å². The zero-order chi connectivity index (χ0) is 48.3. The smallest absolute Gasteiger partial charge is 0.348 e. The molecule has 0 aliphatic rings. The summed E-state index contributed by atoms with van der Waals surface area (Å²) >= 11 is 0. The molecule has 0 unspecified atom stereocenters. The second kappa shape index (κ2) is 46.6. The van der Waals surface area contributed by atoms with E-state index >= 15 is 0 Å². The Bertz CT molecular complexity index is 1470. The number of hydrogen-bond donors (Lipinski definition) is 0. The molecule has 0 fully saturated rings. The first-order valence-corrected chi connectivity index (χ1v) is 28.2. The summed E-state index contributed by atoms with van der Waals surface area (Å²) in [6.07, 6.45) is 45.5. The van der Waals surface area contributed by atoms with Crippen LogP contribution in [-0.4, -0.2) is 10.7 Å². The van der Waals surface area contributed by atoms with E-state index in [1.165, 1.54) is 212 Å². The molecule has 0 heterocycles. The molecule has 0 radical (unpaired) electrons. The fourth-order valence-electron chi connectivity index (χ4n) is 9.02. The van der Waals surface area contributed by atoms with Gasteiger partial charge in [-0.1, -0.05) is 227 Å². The van der Waals surface area contributed by atoms with E-state index in [4.69, 9.17) is 0 Å². The number of allylic oxidation sites excluding steroid dienone is 2. The van der Waals surface area contributed by atoms with Crippen molar-refractivity contribution in [2.75, 3.05) is 0 Å². The Morgan fingerprint density at radius 1 is 0.470 bits per heavy atom. The van der Waals surface area contributed by atoms with Crippen LogP contribution in [0.3, 0.4) is 0 Å². The predicted octanol–water partition coefficient (Wildman–Crippen LogP) is 21.1. The first-order chi connectivity index (χ1) is 31.7. The van der Waals surface area contributed by atoms with E-state index in [0.717, 1.165) is 56.9 Å². The Morgan fingerprint density at radius 3 is 1.17 bits per heavy atom. The van der Waals surface area contributed by atoms with Gasteiger partial charge in [0.05, 0.1) is 5.57 Å². The van der Waals surface area contributed by atoms with Crippen LogP contribution in [0.4, 0.5) is 0 Å². The minimum Gasteiger partial charge on any atom is -0.348 e. The summed E-state index contributed by atoms with van der Waals surface area (Å²) in [4.78, 5) is 3.40. The maximum atomic E-state index is 9.56. The minimum absolute atomic E-state index is 0. The van der Waals surface area contributed by atoms with Gasteiger partial charge in [0.15, 0.2) is 0 Å². The van der Waals surface area contributed by atoms with E-state index in [-0.39, 0.29) is 16.5 Å². The van der Waals surface area contributed by atoms with Crippen LogP contribution in [0, 0.1) is 34.6 Å². The number of unbranched alkanes of at least 4 members (excludes halogenated alkanes) is 24. The number of nitrogens with zero attached hydrogens (tertiary/aromatic N) is 2. The van der Waals surface area contributed by atoms with Crippen LogP contribution < -0.4 is 0 Å². The zero-order valence-electron chi connectivity index (χ0n) is 45.7.